The van der Waals surface area contributed by atoms with Gasteiger partial charge in [0.1, 0.15) is 11.4 Å². The van der Waals surface area contributed by atoms with Crippen LogP contribution >= 0.6 is 0 Å². The highest BCUT2D eigenvalue weighted by atomic mass is 19.1. The summed E-state index contributed by atoms with van der Waals surface area (Å²) in [4.78, 5) is 27.2. The monoisotopic (exact) mass is 432 g/mol. The minimum Gasteiger partial charge on any atom is -0.389 e. The van der Waals surface area contributed by atoms with Crippen molar-refractivity contribution in [3.8, 4) is 11.3 Å². The summed E-state index contributed by atoms with van der Waals surface area (Å²) >= 11 is 0. The summed E-state index contributed by atoms with van der Waals surface area (Å²) in [5.41, 5.74) is 4.89. The number of carbonyl (C=O) groups excluding carboxylic acids is 1. The fourth-order valence-electron chi connectivity index (χ4n) is 3.51. The van der Waals surface area contributed by atoms with Crippen molar-refractivity contribution >= 4 is 11.6 Å². The van der Waals surface area contributed by atoms with E-state index in [4.69, 9.17) is 4.84 Å². The summed E-state index contributed by atoms with van der Waals surface area (Å²) in [6, 6.07) is 12.0. The molecule has 7 heteroatoms. The Morgan fingerprint density at radius 1 is 1.09 bits per heavy atom. The quantitative estimate of drug-likeness (QED) is 0.617. The van der Waals surface area contributed by atoms with Gasteiger partial charge in [0.25, 0.3) is 5.91 Å². The molecular weight excluding hydrogens is 407 g/mol. The molecule has 2 aromatic heterocycles. The van der Waals surface area contributed by atoms with E-state index in [1.54, 1.807) is 18.3 Å². The number of nitrogens with one attached hydrogen (secondary N) is 1. The van der Waals surface area contributed by atoms with E-state index in [-0.39, 0.29) is 5.91 Å². The summed E-state index contributed by atoms with van der Waals surface area (Å²) in [6.45, 7) is 7.73. The molecule has 6 nitrogen and oxygen atoms in total. The molecule has 0 saturated heterocycles. The Labute approximate surface area is 186 Å². The highest BCUT2D eigenvalue weighted by molar-refractivity contribution is 6.05. The lowest BCUT2D eigenvalue weighted by Gasteiger charge is -2.15. The predicted octanol–water partition coefficient (Wildman–Crippen LogP) is 4.99. The predicted molar refractivity (Wildman–Crippen MR) is 121 cm³/mol. The second-order valence-corrected chi connectivity index (χ2v) is 8.68. The lowest BCUT2D eigenvalue weighted by Crippen LogP contribution is -2.27. The first-order valence-corrected chi connectivity index (χ1v) is 10.5. The minimum absolute atomic E-state index is 0.266. The molecule has 0 radical (unpaired) electrons. The molecule has 0 aliphatic carbocycles. The molecule has 1 aromatic carbocycles. The van der Waals surface area contributed by atoms with Crippen LogP contribution in [0.2, 0.25) is 0 Å². The first-order valence-electron chi connectivity index (χ1n) is 10.5. The van der Waals surface area contributed by atoms with Crippen molar-refractivity contribution in [1.82, 2.24) is 15.3 Å². The first-order chi connectivity index (χ1) is 15.2. The van der Waals surface area contributed by atoms with E-state index in [2.05, 4.69) is 20.4 Å². The zero-order valence-corrected chi connectivity index (χ0v) is 18.5. The molecular formula is C25H25FN4O2. The average Bonchev–Trinajstić information content (AvgIpc) is 3.14. The molecule has 0 spiro atoms. The molecule has 4 rings (SSSR count). The number of hydrogen-bond acceptors (Lipinski definition) is 5. The molecule has 32 heavy (non-hydrogen) atoms. The summed E-state index contributed by atoms with van der Waals surface area (Å²) in [7, 11) is 0. The maximum Gasteiger partial charge on any atom is 0.251 e. The van der Waals surface area contributed by atoms with Crippen LogP contribution in [0.5, 0.6) is 0 Å². The van der Waals surface area contributed by atoms with Gasteiger partial charge < -0.3 is 10.2 Å². The Morgan fingerprint density at radius 3 is 2.50 bits per heavy atom. The number of rotatable bonds is 5. The lowest BCUT2D eigenvalue weighted by atomic mass is 9.94. The van der Waals surface area contributed by atoms with Gasteiger partial charge in [0, 0.05) is 29.3 Å². The summed E-state index contributed by atoms with van der Waals surface area (Å²) in [5, 5.41) is 7.18. The molecule has 164 valence electrons. The Morgan fingerprint density at radius 2 is 1.88 bits per heavy atom. The molecule has 1 aliphatic heterocycles. The fraction of sp³-hybridized carbons (Fsp3) is 0.280. The van der Waals surface area contributed by atoms with E-state index in [9.17, 15) is 9.18 Å². The zero-order chi connectivity index (χ0) is 22.9. The van der Waals surface area contributed by atoms with Crippen LogP contribution in [0.4, 0.5) is 4.39 Å². The maximum atomic E-state index is 13.2. The van der Waals surface area contributed by atoms with Crippen LogP contribution in [0.1, 0.15) is 60.4 Å². The SMILES string of the molecule is Cc1ccc(-c2cc(C(=O)N[C@H](C)c3ccc(F)cn3)cc(C3=NOC(C)(C)C3)c2)nc1. The summed E-state index contributed by atoms with van der Waals surface area (Å²) < 4.78 is 13.2. The van der Waals surface area contributed by atoms with Gasteiger partial charge in [-0.2, -0.15) is 0 Å². The van der Waals surface area contributed by atoms with Crippen molar-refractivity contribution < 1.29 is 14.0 Å². The Balaban J connectivity index is 1.67. The van der Waals surface area contributed by atoms with Gasteiger partial charge in [-0.05, 0) is 69.7 Å². The van der Waals surface area contributed by atoms with Crippen LogP contribution in [-0.2, 0) is 4.84 Å². The highest BCUT2D eigenvalue weighted by Crippen LogP contribution is 2.29. The normalized spacial score (nSPS) is 15.6. The van der Waals surface area contributed by atoms with Crippen LogP contribution in [0.3, 0.4) is 0 Å². The van der Waals surface area contributed by atoms with Crippen molar-refractivity contribution in [2.75, 3.05) is 0 Å². The standard InChI is InChI=1S/C25H25FN4O2/c1-15-5-7-22(27-13-15)17-9-18(23-12-25(3,4)32-30-23)11-19(10-17)24(31)29-16(2)21-8-6-20(26)14-28-21/h5-11,13-14,16H,12H2,1-4H3,(H,29,31)/t16-/m1/s1. The lowest BCUT2D eigenvalue weighted by molar-refractivity contribution is 0.0123. The summed E-state index contributed by atoms with van der Waals surface area (Å²) in [5.74, 6) is -0.685. The molecule has 3 heterocycles. The molecule has 1 atom stereocenters. The highest BCUT2D eigenvalue weighted by Gasteiger charge is 2.30. The average molecular weight is 432 g/mol. The van der Waals surface area contributed by atoms with E-state index in [0.717, 1.165) is 34.3 Å². The van der Waals surface area contributed by atoms with Crippen molar-refractivity contribution in [3.63, 3.8) is 0 Å². The van der Waals surface area contributed by atoms with Gasteiger partial charge in [-0.1, -0.05) is 11.2 Å². The van der Waals surface area contributed by atoms with E-state index >= 15 is 0 Å². The molecule has 0 saturated carbocycles. The van der Waals surface area contributed by atoms with E-state index < -0.39 is 17.5 Å². The largest absolute Gasteiger partial charge is 0.389 e. The van der Waals surface area contributed by atoms with Crippen molar-refractivity contribution in [3.05, 3.63) is 83.1 Å². The van der Waals surface area contributed by atoms with Gasteiger partial charge in [0.05, 0.1) is 29.3 Å². The van der Waals surface area contributed by atoms with Crippen molar-refractivity contribution in [2.24, 2.45) is 5.16 Å². The number of carbonyl (C=O) groups is 1. The molecule has 1 aliphatic rings. The number of nitrogens with zero attached hydrogens (tertiary/aromatic N) is 3. The van der Waals surface area contributed by atoms with Crippen LogP contribution in [0, 0.1) is 12.7 Å². The number of hydrogen-bond donors (Lipinski definition) is 1. The molecule has 0 unspecified atom stereocenters. The van der Waals surface area contributed by atoms with Gasteiger partial charge in [0.2, 0.25) is 0 Å². The topological polar surface area (TPSA) is 76.5 Å². The van der Waals surface area contributed by atoms with Crippen molar-refractivity contribution in [2.45, 2.75) is 45.8 Å². The second-order valence-electron chi connectivity index (χ2n) is 8.68. The number of halogens is 1. The number of benzene rings is 1. The second kappa shape index (κ2) is 8.49. The van der Waals surface area contributed by atoms with Gasteiger partial charge in [-0.25, -0.2) is 4.39 Å². The number of aryl methyl sites for hydroxylation is 1. The number of pyridine rings is 2. The van der Waals surface area contributed by atoms with E-state index in [1.165, 1.54) is 6.07 Å². The molecule has 0 bridgehead atoms. The van der Waals surface area contributed by atoms with E-state index in [0.29, 0.717) is 17.7 Å². The fourth-order valence-corrected chi connectivity index (χ4v) is 3.51. The third kappa shape index (κ3) is 4.82. The van der Waals surface area contributed by atoms with Gasteiger partial charge >= 0.3 is 0 Å². The Hall–Kier alpha value is -3.61. The van der Waals surface area contributed by atoms with Crippen LogP contribution < -0.4 is 5.32 Å². The number of oxime groups is 1. The van der Waals surface area contributed by atoms with Crippen LogP contribution in [0.15, 0.2) is 60.0 Å². The molecule has 3 aromatic rings. The van der Waals surface area contributed by atoms with Gasteiger partial charge in [0.15, 0.2) is 0 Å². The third-order valence-electron chi connectivity index (χ3n) is 5.27. The Bertz CT molecular complexity index is 1170. The zero-order valence-electron chi connectivity index (χ0n) is 18.5. The molecule has 0 fully saturated rings. The smallest absolute Gasteiger partial charge is 0.251 e. The van der Waals surface area contributed by atoms with Gasteiger partial charge in [-0.15, -0.1) is 0 Å². The molecule has 1 amide bonds. The minimum atomic E-state index is -0.419. The third-order valence-corrected chi connectivity index (χ3v) is 5.27. The van der Waals surface area contributed by atoms with Gasteiger partial charge in [-0.3, -0.25) is 14.8 Å². The maximum absolute atomic E-state index is 13.2. The molecule has 1 N–H and O–H groups in total. The van der Waals surface area contributed by atoms with Crippen LogP contribution in [-0.4, -0.2) is 27.2 Å². The van der Waals surface area contributed by atoms with E-state index in [1.807, 2.05) is 52.0 Å². The Kier molecular flexibility index (Phi) is 5.74. The summed E-state index contributed by atoms with van der Waals surface area (Å²) in [6.07, 6.45) is 3.57. The first kappa shape index (κ1) is 21.6. The van der Waals surface area contributed by atoms with Crippen molar-refractivity contribution in [1.29, 1.82) is 0 Å². The number of amides is 1. The number of aromatic nitrogens is 2. The van der Waals surface area contributed by atoms with Crippen LogP contribution in [0.25, 0.3) is 11.3 Å².